The molecule has 0 saturated carbocycles. The van der Waals surface area contributed by atoms with Crippen LogP contribution in [0.2, 0.25) is 0 Å². The molecule has 2 fully saturated rings. The molecule has 0 spiro atoms. The van der Waals surface area contributed by atoms with E-state index in [1.165, 1.54) is 54.0 Å². The first-order valence-corrected chi connectivity index (χ1v) is 23.6. The number of Topliss-reactive ketones (excluding diaryl/α,β-unsaturated/α-hetero) is 1. The molecule has 0 bridgehead atoms. The summed E-state index contributed by atoms with van der Waals surface area (Å²) in [6, 6.07) is -15.8. The van der Waals surface area contributed by atoms with E-state index in [1.54, 1.807) is 52.2 Å². The summed E-state index contributed by atoms with van der Waals surface area (Å²) in [5.41, 5.74) is 6.05. The summed E-state index contributed by atoms with van der Waals surface area (Å²) in [7, 11) is 2.33. The molecule has 0 aromatic carbocycles. The molecular formula is C56H113AlClLiN8O20. The van der Waals surface area contributed by atoms with E-state index in [1.807, 2.05) is 5.32 Å². The van der Waals surface area contributed by atoms with Gasteiger partial charge in [-0.25, -0.2) is 24.0 Å². The van der Waals surface area contributed by atoms with Gasteiger partial charge in [-0.15, -0.1) is 12.4 Å². The number of esters is 2. The zero-order valence-corrected chi connectivity index (χ0v) is 51.1. The minimum Gasteiger partial charge on any atom is -1.00 e. The number of ketones is 1. The van der Waals surface area contributed by atoms with Crippen molar-refractivity contribution in [3.8, 4) is 0 Å². The fraction of sp³-hybridized carbons (Fsp3) is 0.804. The Balaban J connectivity index is -0.000000188. The molecule has 0 aromatic heterocycles. The number of hydrogen-bond donors (Lipinski definition) is 10. The number of hydrogen-bond acceptors (Lipinski definition) is 22. The summed E-state index contributed by atoms with van der Waals surface area (Å²) in [5, 5.41) is 29.7. The summed E-state index contributed by atoms with van der Waals surface area (Å²) in [6.07, 6.45) is -6.55. The molecule has 508 valence electrons. The molecular weight excluding hydrogens is 1170 g/mol. The summed E-state index contributed by atoms with van der Waals surface area (Å²) >= 11 is 0. The first-order chi connectivity index (χ1) is 53.7. The number of ether oxygens (including phenoxy) is 7. The minimum absolute atomic E-state index is 0. The SMILES string of the molecule is CC(C)(C)OC(=O)OC(=O)OC(C)(C)C.COC(=O)CN.Cl.[2H]C([2H])([2H])C([2H])(C([2H])([2H])[2H])[C@@]1([2H])CNCCN1.[2H]C([2H])([2H])C([2H])(C([2H])([2H])[2H])[C@]([2H])(N)C(=O)O.[2H]C([2H])([2H])C([2H])(C([2H])([2H])[2H])[C@]([2H])(NC(=O)OC(C)(C)C)C(=O)CCC(=O)OC.[2H]C([2H])([2H])C([2H])(C([2H])([2H])[2H])[C@]([2H])(NC(=O)OC(C)(C)C)C(=O)O.[2H]C([2H])([2H])C([2H])(C([2H])([2H])[2H])[C@]1([2H])NC(=O)CNC1=O.[AlH3].[H-].[Li+]. The van der Waals surface area contributed by atoms with Gasteiger partial charge in [-0.1, -0.05) is 68.5 Å². The Labute approximate surface area is 603 Å². The van der Waals surface area contributed by atoms with Crippen molar-refractivity contribution >= 4 is 95.7 Å². The molecule has 12 N–H and O–H groups in total. The average Bonchev–Trinajstić information content (AvgIpc) is 0.725. The van der Waals surface area contributed by atoms with E-state index < -0.39 is 230 Å². The predicted octanol–water partition coefficient (Wildman–Crippen LogP) is 1.54. The third kappa shape index (κ3) is 61.1. The second-order valence-corrected chi connectivity index (χ2v) is 19.4. The number of piperazine rings is 2. The van der Waals surface area contributed by atoms with Crippen LogP contribution in [0.4, 0.5) is 19.2 Å². The van der Waals surface area contributed by atoms with Crippen LogP contribution in [-0.4, -0.2) is 193 Å². The van der Waals surface area contributed by atoms with Gasteiger partial charge >= 0.3 is 67.2 Å². The van der Waals surface area contributed by atoms with Crippen molar-refractivity contribution in [3.63, 3.8) is 0 Å². The third-order valence-corrected chi connectivity index (χ3v) is 7.26. The summed E-state index contributed by atoms with van der Waals surface area (Å²) in [6.45, 7) is -16.3. The number of carboxylic acids is 2. The number of halogens is 1. The standard InChI is InChI=1S/C14H25NO5.C10H19NO4.C10H18O5.C7H12N2O2.C7H16N2.C5H11NO2.C3H7NO2.Al.ClH.Li.4H/c1-9(2)12(10(16)7-8-11(17)19-6)15-13(18)20-14(3,4)5;1-6(2)7(8(12)13)11-9(14)15-10(3,4)5;1-9(2,3)14-7(11)13-8(12)15-10(4,5)6;1-4(2)6-7(11)8-3-5(10)9-6;1-6(2)7-5-8-3-4-9-7;1-3(2)4(6)5(7)8;1-6-3(5)2-4;;;;;;;/h9,12H,7-8H2,1-6H3,(H,15,18);6-7H,1-5H3,(H,11,14)(H,12,13);1-6H3;4,6H,3H2,1-2H3,(H,8,11)(H,9,10);6-9H,3-5H2,1-2H3;3-4H,6H2,1-2H3,(H,7,8);2,4H2,1H3;;1H;;;;;/q;;;;;;;;;+1;;;;-1/t12-;7-;;6-;7-;4-;;;;;;;;/m00.010......../s1/i1D3,2D3,9D,12D;1D3,2D3,6D,7D;;1D3,2D3,4D,6D;1D3,2D3,6D,7D;1D3,2D3,3D,4D;;;;;;;;. The first-order valence-electron chi connectivity index (χ1n) is 43.6. The maximum atomic E-state index is 12.6. The van der Waals surface area contributed by atoms with E-state index in [9.17, 15) is 52.7 Å². The number of methoxy groups -OCH3 is 2. The maximum absolute atomic E-state index is 12.6. The number of amides is 4. The second-order valence-electron chi connectivity index (χ2n) is 19.4. The van der Waals surface area contributed by atoms with Crippen LogP contribution in [-0.2, 0) is 66.7 Å². The Hall–Kier alpha value is -4.97. The first kappa shape index (κ1) is 41.4. The van der Waals surface area contributed by atoms with Gasteiger partial charge in [0.1, 0.15) is 40.5 Å². The number of nitrogens with two attached hydrogens (primary N) is 2. The number of aliphatic carboxylic acids is 2. The Morgan fingerprint density at radius 1 is 0.655 bits per heavy atom. The number of rotatable bonds is 14. The van der Waals surface area contributed by atoms with Gasteiger partial charge in [0, 0.05) is 81.4 Å². The van der Waals surface area contributed by atoms with Crippen molar-refractivity contribution < 1.29 is 171 Å². The number of nitrogens with one attached hydrogen (secondary N) is 6. The molecule has 2 aliphatic rings. The molecule has 0 unspecified atom stereocenters. The monoisotopic (exact) mass is 1330 g/mol. The van der Waals surface area contributed by atoms with Gasteiger partial charge in [0.2, 0.25) is 11.8 Å². The van der Waals surface area contributed by atoms with E-state index in [-0.39, 0.29) is 75.7 Å². The van der Waals surface area contributed by atoms with Crippen LogP contribution >= 0.6 is 12.4 Å². The Morgan fingerprint density at radius 3 is 1.40 bits per heavy atom. The largest absolute Gasteiger partial charge is 1.00 e. The molecule has 0 aromatic rings. The quantitative estimate of drug-likeness (QED) is 0.0510. The van der Waals surface area contributed by atoms with Crippen molar-refractivity contribution in [2.24, 2.45) is 40.9 Å². The number of carboxylic acid groups (broad SMARTS) is 2. The van der Waals surface area contributed by atoms with Crippen LogP contribution in [0.15, 0.2) is 0 Å². The van der Waals surface area contributed by atoms with Crippen molar-refractivity contribution in [1.29, 1.82) is 0 Å². The summed E-state index contributed by atoms with van der Waals surface area (Å²) < 4.78 is 327. The predicted molar refractivity (Wildman–Crippen MR) is 333 cm³/mol. The number of carbonyl (C=O) groups excluding carboxylic acids is 9. The van der Waals surface area contributed by atoms with Gasteiger partial charge in [-0.3, -0.25) is 28.8 Å². The third-order valence-electron chi connectivity index (χ3n) is 7.26. The maximum Gasteiger partial charge on any atom is 1.00 e. The molecule has 0 radical (unpaired) electrons. The van der Waals surface area contributed by atoms with Crippen LogP contribution in [0, 0.1) is 29.5 Å². The van der Waals surface area contributed by atoms with Crippen LogP contribution in [0.5, 0.6) is 0 Å². The minimum atomic E-state index is -3.84. The molecule has 2 saturated heterocycles. The Bertz CT molecular complexity index is 3550. The normalized spacial score (nSPS) is 26.9. The van der Waals surface area contributed by atoms with Gasteiger partial charge < -0.3 is 88.2 Å². The molecule has 28 nitrogen and oxygen atoms in total. The number of carbonyl (C=O) groups is 11. The zero-order valence-electron chi connectivity index (χ0n) is 91.3. The smallest absolute Gasteiger partial charge is 1.00 e. The molecule has 2 aliphatic heterocycles. The molecule has 2 rings (SSSR count). The zero-order chi connectivity index (χ0) is 101. The molecule has 31 heteroatoms. The Kier molecular flexibility index (Phi) is 23.7. The van der Waals surface area contributed by atoms with Gasteiger partial charge in [0.15, 0.2) is 23.1 Å². The summed E-state index contributed by atoms with van der Waals surface area (Å²) in [4.78, 5) is 125. The second kappa shape index (κ2) is 49.9. The summed E-state index contributed by atoms with van der Waals surface area (Å²) in [5.74, 6) is -27.1. The van der Waals surface area contributed by atoms with E-state index in [0.29, 0.717) is 6.54 Å². The molecule has 87 heavy (non-hydrogen) atoms. The van der Waals surface area contributed by atoms with Gasteiger partial charge in [0.25, 0.3) is 0 Å². The van der Waals surface area contributed by atoms with Crippen LogP contribution in [0.1, 0.15) is 221 Å². The topological polar surface area (TPSA) is 417 Å². The van der Waals surface area contributed by atoms with Crippen LogP contribution < -0.4 is 62.2 Å². The average molecular weight is 1330 g/mol. The van der Waals surface area contributed by atoms with E-state index >= 15 is 0 Å². The van der Waals surface area contributed by atoms with Gasteiger partial charge in [-0.2, -0.15) is 0 Å². The van der Waals surface area contributed by atoms with Gasteiger partial charge in [0.05, 0.1) is 45.2 Å². The molecule has 5 atom stereocenters. The van der Waals surface area contributed by atoms with E-state index in [0.717, 1.165) is 7.11 Å². The molecule has 0 aliphatic carbocycles. The fourth-order valence-electron chi connectivity index (χ4n) is 3.97. The Morgan fingerprint density at radius 2 is 1.08 bits per heavy atom. The van der Waals surface area contributed by atoms with Crippen molar-refractivity contribution in [3.05, 3.63) is 0 Å². The van der Waals surface area contributed by atoms with Crippen molar-refractivity contribution in [2.75, 3.05) is 46.9 Å². The number of alkyl carbamates (subject to hydrolysis) is 2. The van der Waals surface area contributed by atoms with E-state index in [4.69, 9.17) is 95.5 Å². The van der Waals surface area contributed by atoms with E-state index in [2.05, 4.69) is 24.8 Å². The van der Waals surface area contributed by atoms with Gasteiger partial charge in [-0.05, 0) is 113 Å². The fourth-order valence-corrected chi connectivity index (χ4v) is 3.97. The van der Waals surface area contributed by atoms with Crippen LogP contribution in [0.3, 0.4) is 0 Å². The molecule has 4 amide bonds. The van der Waals surface area contributed by atoms with Crippen molar-refractivity contribution in [2.45, 2.75) is 217 Å². The molecule has 2 heterocycles. The van der Waals surface area contributed by atoms with Crippen molar-refractivity contribution in [1.82, 2.24) is 31.9 Å². The van der Waals surface area contributed by atoms with Crippen LogP contribution in [0.25, 0.3) is 0 Å².